The van der Waals surface area contributed by atoms with Crippen LogP contribution in [0.2, 0.25) is 0 Å². The van der Waals surface area contributed by atoms with E-state index in [-0.39, 0.29) is 0 Å². The van der Waals surface area contributed by atoms with Gasteiger partial charge in [0.25, 0.3) is 0 Å². The van der Waals surface area contributed by atoms with Crippen LogP contribution >= 0.6 is 0 Å². The molecule has 0 aliphatic heterocycles. The molecule has 2 rings (SSSR count). The highest BCUT2D eigenvalue weighted by Gasteiger charge is 1.94. The lowest BCUT2D eigenvalue weighted by atomic mass is 10.2. The van der Waals surface area contributed by atoms with Crippen LogP contribution in [-0.4, -0.2) is 23.7 Å². The van der Waals surface area contributed by atoms with Crippen molar-refractivity contribution in [2.24, 2.45) is 0 Å². The lowest BCUT2D eigenvalue weighted by Crippen LogP contribution is -1.83. The van der Waals surface area contributed by atoms with Gasteiger partial charge < -0.3 is 9.72 Å². The van der Waals surface area contributed by atoms with E-state index in [1.807, 2.05) is 18.3 Å². The summed E-state index contributed by atoms with van der Waals surface area (Å²) in [5.41, 5.74) is 1.80. The maximum atomic E-state index is 4.84. The van der Waals surface area contributed by atoms with E-state index in [0.717, 1.165) is 16.6 Å². The van der Waals surface area contributed by atoms with Gasteiger partial charge in [0, 0.05) is 30.5 Å². The van der Waals surface area contributed by atoms with Crippen molar-refractivity contribution < 1.29 is 4.74 Å². The van der Waals surface area contributed by atoms with E-state index in [9.17, 15) is 0 Å². The third-order valence-corrected chi connectivity index (χ3v) is 1.85. The number of fused-ring (bicyclic) bond motifs is 1. The second-order valence-electron chi connectivity index (χ2n) is 2.87. The van der Waals surface area contributed by atoms with E-state index < -0.39 is 0 Å². The molecule has 3 heteroatoms. The Balaban J connectivity index is 2.31. The number of hydrogen-bond acceptors (Lipinski definition) is 2. The zero-order chi connectivity index (χ0) is 9.80. The highest BCUT2D eigenvalue weighted by Crippen LogP contribution is 2.09. The number of rotatable bonds is 1. The molecule has 70 valence electrons. The summed E-state index contributed by atoms with van der Waals surface area (Å²) in [4.78, 5) is 7.25. The molecule has 14 heavy (non-hydrogen) atoms. The topological polar surface area (TPSA) is 37.9 Å². The Labute approximate surface area is 82.1 Å². The molecule has 0 unspecified atom stereocenters. The van der Waals surface area contributed by atoms with E-state index in [0.29, 0.717) is 6.61 Å². The summed E-state index contributed by atoms with van der Waals surface area (Å²) in [6, 6.07) is 3.98. The van der Waals surface area contributed by atoms with Crippen LogP contribution in [0.15, 0.2) is 24.5 Å². The molecule has 0 fully saturated rings. The molecule has 0 aromatic carbocycles. The summed E-state index contributed by atoms with van der Waals surface area (Å²) in [6.45, 7) is 0.450. The molecule has 0 radical (unpaired) electrons. The van der Waals surface area contributed by atoms with Gasteiger partial charge in [0.05, 0.1) is 0 Å². The van der Waals surface area contributed by atoms with Crippen molar-refractivity contribution in [2.75, 3.05) is 13.7 Å². The van der Waals surface area contributed by atoms with Crippen LogP contribution in [0.3, 0.4) is 0 Å². The van der Waals surface area contributed by atoms with Crippen LogP contribution in [0.5, 0.6) is 0 Å². The lowest BCUT2D eigenvalue weighted by molar-refractivity contribution is 0.240. The van der Waals surface area contributed by atoms with Gasteiger partial charge in [0.15, 0.2) is 0 Å². The van der Waals surface area contributed by atoms with Crippen LogP contribution < -0.4 is 0 Å². The highest BCUT2D eigenvalue weighted by molar-refractivity contribution is 5.76. The normalized spacial score (nSPS) is 9.79. The number of hydrogen-bond donors (Lipinski definition) is 1. The lowest BCUT2D eigenvalue weighted by Gasteiger charge is -1.90. The van der Waals surface area contributed by atoms with E-state index in [4.69, 9.17) is 4.74 Å². The van der Waals surface area contributed by atoms with Gasteiger partial charge in [-0.15, -0.1) is 0 Å². The smallest absolute Gasteiger partial charge is 0.137 e. The molecule has 0 atom stereocenters. The molecule has 0 bridgehead atoms. The molecule has 0 spiro atoms. The van der Waals surface area contributed by atoms with E-state index in [1.165, 1.54) is 0 Å². The maximum Gasteiger partial charge on any atom is 0.137 e. The van der Waals surface area contributed by atoms with Crippen LogP contribution in [0, 0.1) is 11.8 Å². The first-order valence-electron chi connectivity index (χ1n) is 4.31. The average molecular weight is 186 g/mol. The predicted molar refractivity (Wildman–Crippen MR) is 54.8 cm³/mol. The molecular weight excluding hydrogens is 176 g/mol. The van der Waals surface area contributed by atoms with Crippen molar-refractivity contribution in [1.29, 1.82) is 0 Å². The number of ether oxygens (including phenoxy) is 1. The van der Waals surface area contributed by atoms with Gasteiger partial charge in [-0.05, 0) is 12.1 Å². The predicted octanol–water partition coefficient (Wildman–Crippen LogP) is 1.56. The Bertz CT molecular complexity index is 490. The Morgan fingerprint density at radius 1 is 1.57 bits per heavy atom. The number of methoxy groups -OCH3 is 1. The van der Waals surface area contributed by atoms with Crippen molar-refractivity contribution in [2.45, 2.75) is 0 Å². The molecule has 2 aromatic heterocycles. The number of aromatic amines is 1. The first-order chi connectivity index (χ1) is 6.90. The van der Waals surface area contributed by atoms with Crippen molar-refractivity contribution in [3.05, 3.63) is 30.1 Å². The maximum absolute atomic E-state index is 4.84. The fourth-order valence-electron chi connectivity index (χ4n) is 1.22. The van der Waals surface area contributed by atoms with Crippen LogP contribution in [-0.2, 0) is 4.74 Å². The number of aromatic nitrogens is 2. The summed E-state index contributed by atoms with van der Waals surface area (Å²) < 4.78 is 4.84. The first-order valence-corrected chi connectivity index (χ1v) is 4.31. The number of nitrogens with zero attached hydrogens (tertiary/aromatic N) is 1. The minimum absolute atomic E-state index is 0.450. The average Bonchev–Trinajstić information content (AvgIpc) is 2.65. The Hall–Kier alpha value is -1.79. The monoisotopic (exact) mass is 186 g/mol. The largest absolute Gasteiger partial charge is 0.372 e. The highest BCUT2D eigenvalue weighted by atomic mass is 16.5. The van der Waals surface area contributed by atoms with Crippen molar-refractivity contribution in [3.8, 4) is 11.8 Å². The van der Waals surface area contributed by atoms with Crippen LogP contribution in [0.1, 0.15) is 5.56 Å². The number of pyridine rings is 1. The second-order valence-corrected chi connectivity index (χ2v) is 2.87. The van der Waals surface area contributed by atoms with Gasteiger partial charge in [-0.3, -0.25) is 0 Å². The Kier molecular flexibility index (Phi) is 2.48. The molecule has 3 nitrogen and oxygen atoms in total. The molecule has 0 saturated carbocycles. The first kappa shape index (κ1) is 8.79. The molecule has 0 aliphatic rings. The van der Waals surface area contributed by atoms with Gasteiger partial charge >= 0.3 is 0 Å². The van der Waals surface area contributed by atoms with Gasteiger partial charge in [-0.1, -0.05) is 11.8 Å². The minimum Gasteiger partial charge on any atom is -0.372 e. The summed E-state index contributed by atoms with van der Waals surface area (Å²) in [5.74, 6) is 5.86. The van der Waals surface area contributed by atoms with Gasteiger partial charge in [-0.25, -0.2) is 4.98 Å². The number of nitrogens with one attached hydrogen (secondary N) is 1. The van der Waals surface area contributed by atoms with Gasteiger partial charge in [0.1, 0.15) is 12.3 Å². The fraction of sp³-hybridized carbons (Fsp3) is 0.182. The Morgan fingerprint density at radius 2 is 2.50 bits per heavy atom. The van der Waals surface area contributed by atoms with Crippen LogP contribution in [0.4, 0.5) is 0 Å². The SMILES string of the molecule is COCC#Cc1cnc2[nH]ccc2c1. The Morgan fingerprint density at radius 3 is 3.36 bits per heavy atom. The molecular formula is C11H10N2O. The third-order valence-electron chi connectivity index (χ3n) is 1.85. The van der Waals surface area contributed by atoms with Crippen molar-refractivity contribution in [1.82, 2.24) is 9.97 Å². The van der Waals surface area contributed by atoms with Crippen molar-refractivity contribution in [3.63, 3.8) is 0 Å². The fourth-order valence-corrected chi connectivity index (χ4v) is 1.22. The summed E-state index contributed by atoms with van der Waals surface area (Å²) in [6.07, 6.45) is 3.62. The molecule has 1 N–H and O–H groups in total. The summed E-state index contributed by atoms with van der Waals surface area (Å²) in [7, 11) is 1.63. The van der Waals surface area contributed by atoms with E-state index >= 15 is 0 Å². The summed E-state index contributed by atoms with van der Waals surface area (Å²) >= 11 is 0. The standard InChI is InChI=1S/C11H10N2O/c1-14-6-2-3-9-7-10-4-5-12-11(10)13-8-9/h4-5,7-8H,6H2,1H3,(H,12,13). The quantitative estimate of drug-likeness (QED) is 0.686. The summed E-state index contributed by atoms with van der Waals surface area (Å²) in [5, 5.41) is 1.08. The molecule has 2 heterocycles. The third kappa shape index (κ3) is 1.76. The van der Waals surface area contributed by atoms with E-state index in [1.54, 1.807) is 13.3 Å². The molecule has 0 saturated heterocycles. The molecule has 0 aliphatic carbocycles. The van der Waals surface area contributed by atoms with Crippen LogP contribution in [0.25, 0.3) is 11.0 Å². The van der Waals surface area contributed by atoms with Gasteiger partial charge in [-0.2, -0.15) is 0 Å². The van der Waals surface area contributed by atoms with Crippen molar-refractivity contribution >= 4 is 11.0 Å². The minimum atomic E-state index is 0.450. The van der Waals surface area contributed by atoms with Gasteiger partial charge in [0.2, 0.25) is 0 Å². The van der Waals surface area contributed by atoms with E-state index in [2.05, 4.69) is 21.8 Å². The molecule has 2 aromatic rings. The second kappa shape index (κ2) is 3.95. The zero-order valence-corrected chi connectivity index (χ0v) is 7.87. The molecule has 0 amide bonds. The zero-order valence-electron chi connectivity index (χ0n) is 7.87. The number of H-pyrrole nitrogens is 1.